The second-order valence-electron chi connectivity index (χ2n) is 6.09. The van der Waals surface area contributed by atoms with Crippen molar-refractivity contribution in [3.8, 4) is 0 Å². The van der Waals surface area contributed by atoms with E-state index < -0.39 is 5.63 Å². The molecule has 0 bridgehead atoms. The molecule has 5 nitrogen and oxygen atoms in total. The fraction of sp³-hybridized carbons (Fsp3) is 0.550. The van der Waals surface area contributed by atoms with E-state index in [4.69, 9.17) is 13.9 Å². The molecular formula is C20H30O5. The molecule has 1 aromatic rings. The highest BCUT2D eigenvalue weighted by molar-refractivity contribution is 5.60. The van der Waals surface area contributed by atoms with Crippen LogP contribution in [0.5, 0.6) is 0 Å². The highest BCUT2D eigenvalue weighted by Gasteiger charge is 2.15. The van der Waals surface area contributed by atoms with Crippen LogP contribution in [0.3, 0.4) is 0 Å². The highest BCUT2D eigenvalue weighted by atomic mass is 16.5. The predicted molar refractivity (Wildman–Crippen MR) is 101 cm³/mol. The summed E-state index contributed by atoms with van der Waals surface area (Å²) < 4.78 is 16.4. The minimum Gasteiger partial charge on any atom is -0.512 e. The lowest BCUT2D eigenvalue weighted by Crippen LogP contribution is -2.15. The van der Waals surface area contributed by atoms with Crippen molar-refractivity contribution < 1.29 is 19.0 Å². The number of aliphatic hydroxyl groups excluding tert-OH is 1. The maximum atomic E-state index is 12.4. The van der Waals surface area contributed by atoms with E-state index in [1.54, 1.807) is 20.1 Å². The summed E-state index contributed by atoms with van der Waals surface area (Å²) in [6, 6.07) is 0. The molecule has 0 saturated heterocycles. The largest absolute Gasteiger partial charge is 0.512 e. The number of rotatable bonds is 9. The molecule has 0 saturated carbocycles. The number of methoxy groups -OCH3 is 1. The third-order valence-corrected chi connectivity index (χ3v) is 4.06. The lowest BCUT2D eigenvalue weighted by atomic mass is 10.00. The highest BCUT2D eigenvalue weighted by Crippen LogP contribution is 2.21. The molecule has 0 radical (unpaired) electrons. The standard InChI is InChI=1S/C20H30O5/c1-7-16(9-10-23-6)24-14(4)12-18-17(8-2)15(5)19(11-13(3)21)25-20(18)22/h11-12,16,21H,7-10H2,1-6H3/b13-11+,14-12+. The van der Waals surface area contributed by atoms with Crippen molar-refractivity contribution in [1.29, 1.82) is 0 Å². The molecule has 0 spiro atoms. The minimum absolute atomic E-state index is 0.0497. The molecule has 1 unspecified atom stereocenters. The molecule has 1 atom stereocenters. The van der Waals surface area contributed by atoms with Gasteiger partial charge in [0.2, 0.25) is 0 Å². The van der Waals surface area contributed by atoms with Crippen molar-refractivity contribution in [2.24, 2.45) is 0 Å². The van der Waals surface area contributed by atoms with E-state index in [0.717, 1.165) is 24.0 Å². The SMILES string of the molecule is CCc1c(C)c(/C=C(\C)O)oc(=O)c1/C=C(\C)OC(CC)CCOC. The van der Waals surface area contributed by atoms with Crippen LogP contribution in [0.25, 0.3) is 12.2 Å². The summed E-state index contributed by atoms with van der Waals surface area (Å²) in [5, 5.41) is 9.45. The minimum atomic E-state index is -0.428. The molecule has 0 aliphatic rings. The number of aliphatic hydroxyl groups is 1. The average Bonchev–Trinajstić information content (AvgIpc) is 2.55. The van der Waals surface area contributed by atoms with E-state index in [-0.39, 0.29) is 11.9 Å². The Morgan fingerprint density at radius 2 is 1.96 bits per heavy atom. The second kappa shape index (κ2) is 10.1. The lowest BCUT2D eigenvalue weighted by molar-refractivity contribution is 0.0760. The van der Waals surface area contributed by atoms with Gasteiger partial charge in [0.1, 0.15) is 11.9 Å². The average molecular weight is 350 g/mol. The van der Waals surface area contributed by atoms with E-state index in [2.05, 4.69) is 6.92 Å². The van der Waals surface area contributed by atoms with Crippen molar-refractivity contribution in [2.75, 3.05) is 13.7 Å². The summed E-state index contributed by atoms with van der Waals surface area (Å²) in [5.74, 6) is 1.16. The van der Waals surface area contributed by atoms with E-state index in [1.807, 2.05) is 20.8 Å². The predicted octanol–water partition coefficient (Wildman–Crippen LogP) is 4.62. The van der Waals surface area contributed by atoms with Crippen LogP contribution in [0.15, 0.2) is 20.7 Å². The summed E-state index contributed by atoms with van der Waals surface area (Å²) in [7, 11) is 1.67. The van der Waals surface area contributed by atoms with Crippen molar-refractivity contribution in [3.63, 3.8) is 0 Å². The van der Waals surface area contributed by atoms with Crippen LogP contribution in [0.4, 0.5) is 0 Å². The van der Waals surface area contributed by atoms with Gasteiger partial charge >= 0.3 is 5.63 Å². The molecule has 5 heteroatoms. The Balaban J connectivity index is 3.22. The van der Waals surface area contributed by atoms with Gasteiger partial charge in [0.15, 0.2) is 0 Å². The fourth-order valence-corrected chi connectivity index (χ4v) is 2.73. The molecule has 0 aliphatic carbocycles. The van der Waals surface area contributed by atoms with Gasteiger partial charge < -0.3 is 19.0 Å². The van der Waals surface area contributed by atoms with Crippen LogP contribution in [0, 0.1) is 6.92 Å². The maximum Gasteiger partial charge on any atom is 0.343 e. The van der Waals surface area contributed by atoms with E-state index in [1.165, 1.54) is 6.08 Å². The molecule has 1 rings (SSSR count). The Kier molecular flexibility index (Phi) is 8.49. The molecule has 25 heavy (non-hydrogen) atoms. The summed E-state index contributed by atoms with van der Waals surface area (Å²) in [6.07, 6.45) is 5.60. The number of allylic oxidation sites excluding steroid dienone is 2. The van der Waals surface area contributed by atoms with E-state index >= 15 is 0 Å². The normalized spacial score (nSPS) is 13.8. The Labute approximate surface area is 150 Å². The molecule has 1 N–H and O–H groups in total. The summed E-state index contributed by atoms with van der Waals surface area (Å²) in [4.78, 5) is 12.4. The summed E-state index contributed by atoms with van der Waals surface area (Å²) in [5.41, 5.74) is 1.83. The van der Waals surface area contributed by atoms with Crippen molar-refractivity contribution in [2.45, 2.75) is 60.0 Å². The first-order valence-corrected chi connectivity index (χ1v) is 8.71. The topological polar surface area (TPSA) is 68.9 Å². The Morgan fingerprint density at radius 3 is 2.48 bits per heavy atom. The number of ether oxygens (including phenoxy) is 2. The van der Waals surface area contributed by atoms with Gasteiger partial charge in [-0.15, -0.1) is 0 Å². The van der Waals surface area contributed by atoms with E-state index in [9.17, 15) is 9.90 Å². The summed E-state index contributed by atoms with van der Waals surface area (Å²) in [6.45, 7) is 9.95. The molecular weight excluding hydrogens is 320 g/mol. The lowest BCUT2D eigenvalue weighted by Gasteiger charge is -2.18. The zero-order chi connectivity index (χ0) is 19.0. The van der Waals surface area contributed by atoms with Crippen LogP contribution in [0.1, 0.15) is 63.0 Å². The smallest absolute Gasteiger partial charge is 0.343 e. The van der Waals surface area contributed by atoms with E-state index in [0.29, 0.717) is 30.1 Å². The van der Waals surface area contributed by atoms with Gasteiger partial charge in [-0.1, -0.05) is 13.8 Å². The van der Waals surface area contributed by atoms with Gasteiger partial charge in [0.25, 0.3) is 0 Å². The quantitative estimate of drug-likeness (QED) is 0.658. The van der Waals surface area contributed by atoms with Crippen LogP contribution < -0.4 is 5.63 Å². The molecule has 0 aliphatic heterocycles. The van der Waals surface area contributed by atoms with Crippen molar-refractivity contribution in [3.05, 3.63) is 44.4 Å². The molecule has 140 valence electrons. The first-order chi connectivity index (χ1) is 11.8. The van der Waals surface area contributed by atoms with Crippen LogP contribution in [0.2, 0.25) is 0 Å². The summed E-state index contributed by atoms with van der Waals surface area (Å²) >= 11 is 0. The van der Waals surface area contributed by atoms with Crippen LogP contribution in [-0.4, -0.2) is 24.9 Å². The molecule has 1 heterocycles. The van der Waals surface area contributed by atoms with Gasteiger partial charge in [0, 0.05) is 26.2 Å². The molecule has 0 aromatic carbocycles. The van der Waals surface area contributed by atoms with Crippen molar-refractivity contribution in [1.82, 2.24) is 0 Å². The third-order valence-electron chi connectivity index (χ3n) is 4.06. The van der Waals surface area contributed by atoms with Crippen LogP contribution >= 0.6 is 0 Å². The van der Waals surface area contributed by atoms with Gasteiger partial charge in [-0.2, -0.15) is 0 Å². The van der Waals surface area contributed by atoms with Gasteiger partial charge in [-0.25, -0.2) is 4.79 Å². The third kappa shape index (κ3) is 6.09. The fourth-order valence-electron chi connectivity index (χ4n) is 2.73. The monoisotopic (exact) mass is 350 g/mol. The van der Waals surface area contributed by atoms with Crippen LogP contribution in [-0.2, 0) is 15.9 Å². The Morgan fingerprint density at radius 1 is 1.28 bits per heavy atom. The number of hydrogen-bond donors (Lipinski definition) is 1. The van der Waals surface area contributed by atoms with Crippen molar-refractivity contribution >= 4 is 12.2 Å². The Bertz CT molecular complexity index is 678. The maximum absolute atomic E-state index is 12.4. The molecule has 0 fully saturated rings. The van der Waals surface area contributed by atoms with Gasteiger partial charge in [-0.3, -0.25) is 0 Å². The number of hydrogen-bond acceptors (Lipinski definition) is 5. The van der Waals surface area contributed by atoms with Gasteiger partial charge in [-0.05, 0) is 50.8 Å². The zero-order valence-corrected chi connectivity index (χ0v) is 16.1. The Hall–Kier alpha value is -2.01. The zero-order valence-electron chi connectivity index (χ0n) is 16.1. The first kappa shape index (κ1) is 21.0. The molecule has 1 aromatic heterocycles. The van der Waals surface area contributed by atoms with Gasteiger partial charge in [0.05, 0.1) is 17.1 Å². The molecule has 0 amide bonds. The first-order valence-electron chi connectivity index (χ1n) is 8.71. The second-order valence-corrected chi connectivity index (χ2v) is 6.09.